The van der Waals surface area contributed by atoms with Crippen LogP contribution in [0.1, 0.15) is 37.4 Å². The smallest absolute Gasteiger partial charge is 0.256 e. The highest BCUT2D eigenvalue weighted by molar-refractivity contribution is 6.17. The molecule has 0 fully saturated rings. The molecule has 4 aromatic rings. The van der Waals surface area contributed by atoms with Crippen molar-refractivity contribution in [2.45, 2.75) is 13.5 Å². The van der Waals surface area contributed by atoms with Gasteiger partial charge in [-0.25, -0.2) is 0 Å². The third-order valence-electron chi connectivity index (χ3n) is 5.10. The Hall–Kier alpha value is -4.19. The zero-order chi connectivity index (χ0) is 22.5. The summed E-state index contributed by atoms with van der Waals surface area (Å²) in [6.07, 6.45) is 3.34. The zero-order valence-electron chi connectivity index (χ0n) is 17.9. The molecule has 160 valence electrons. The molecule has 0 unspecified atom stereocenters. The van der Waals surface area contributed by atoms with Gasteiger partial charge in [-0.15, -0.1) is 0 Å². The summed E-state index contributed by atoms with van der Waals surface area (Å²) in [7, 11) is 1.63. The number of aryl methyl sites for hydroxylation is 1. The van der Waals surface area contributed by atoms with Crippen molar-refractivity contribution in [1.82, 2.24) is 9.78 Å². The van der Waals surface area contributed by atoms with Crippen molar-refractivity contribution in [1.29, 1.82) is 0 Å². The van der Waals surface area contributed by atoms with Crippen molar-refractivity contribution >= 4 is 17.4 Å². The van der Waals surface area contributed by atoms with Crippen LogP contribution in [0.3, 0.4) is 0 Å². The molecule has 0 radical (unpaired) electrons. The predicted molar refractivity (Wildman–Crippen MR) is 123 cm³/mol. The topological polar surface area (TPSA) is 73.2 Å². The number of amides is 1. The average molecular weight is 425 g/mol. The molecule has 1 N–H and O–H groups in total. The van der Waals surface area contributed by atoms with Gasteiger partial charge in [-0.3, -0.25) is 14.3 Å². The van der Waals surface area contributed by atoms with Gasteiger partial charge >= 0.3 is 0 Å². The summed E-state index contributed by atoms with van der Waals surface area (Å²) < 4.78 is 6.98. The Balaban J connectivity index is 1.50. The first kappa shape index (κ1) is 21.1. The number of aromatic nitrogens is 2. The van der Waals surface area contributed by atoms with Gasteiger partial charge in [0.2, 0.25) is 0 Å². The van der Waals surface area contributed by atoms with Gasteiger partial charge in [0, 0.05) is 17.3 Å². The highest BCUT2D eigenvalue weighted by Gasteiger charge is 2.18. The number of ether oxygens (including phenoxy) is 1. The number of hydrogen-bond donors (Lipinski definition) is 1. The van der Waals surface area contributed by atoms with Gasteiger partial charge < -0.3 is 10.1 Å². The second-order valence-corrected chi connectivity index (χ2v) is 7.47. The molecule has 1 amide bonds. The molecule has 0 aliphatic rings. The van der Waals surface area contributed by atoms with E-state index < -0.39 is 0 Å². The molecule has 0 atom stereocenters. The largest absolute Gasteiger partial charge is 0.497 e. The third-order valence-corrected chi connectivity index (χ3v) is 5.10. The highest BCUT2D eigenvalue weighted by Crippen LogP contribution is 2.18. The number of rotatable bonds is 7. The number of ketones is 1. The quantitative estimate of drug-likeness (QED) is 0.435. The van der Waals surface area contributed by atoms with Crippen LogP contribution in [0.4, 0.5) is 5.69 Å². The Morgan fingerprint density at radius 3 is 2.47 bits per heavy atom. The average Bonchev–Trinajstić information content (AvgIpc) is 3.25. The number of benzene rings is 3. The normalized spacial score (nSPS) is 10.6. The van der Waals surface area contributed by atoms with Crippen LogP contribution in [-0.4, -0.2) is 28.6 Å². The first-order valence-corrected chi connectivity index (χ1v) is 10.2. The van der Waals surface area contributed by atoms with Crippen molar-refractivity contribution in [2.75, 3.05) is 12.4 Å². The van der Waals surface area contributed by atoms with E-state index in [0.29, 0.717) is 28.9 Å². The van der Waals surface area contributed by atoms with Gasteiger partial charge in [0.25, 0.3) is 5.91 Å². The molecule has 1 heterocycles. The first-order chi connectivity index (χ1) is 15.5. The number of hydrogen-bond acceptors (Lipinski definition) is 4. The molecule has 4 rings (SSSR count). The SMILES string of the molecule is COc1cccc(Cn2cc(NC(=O)c3ccccc3C(=O)c3ccc(C)cc3)cn2)c1. The molecule has 6 nitrogen and oxygen atoms in total. The van der Waals surface area contributed by atoms with E-state index in [2.05, 4.69) is 10.4 Å². The third kappa shape index (κ3) is 4.75. The van der Waals surface area contributed by atoms with E-state index in [1.807, 2.05) is 43.3 Å². The number of methoxy groups -OCH3 is 1. The molecule has 0 saturated heterocycles. The molecule has 3 aromatic carbocycles. The summed E-state index contributed by atoms with van der Waals surface area (Å²) in [5.41, 5.74) is 3.87. The van der Waals surface area contributed by atoms with Gasteiger partial charge in [-0.1, -0.05) is 60.2 Å². The van der Waals surface area contributed by atoms with Crippen molar-refractivity contribution in [3.8, 4) is 5.75 Å². The van der Waals surface area contributed by atoms with Crippen molar-refractivity contribution in [3.63, 3.8) is 0 Å². The van der Waals surface area contributed by atoms with Crippen LogP contribution in [-0.2, 0) is 6.54 Å². The first-order valence-electron chi connectivity index (χ1n) is 10.2. The second-order valence-electron chi connectivity index (χ2n) is 7.47. The molecule has 1 aromatic heterocycles. The summed E-state index contributed by atoms with van der Waals surface area (Å²) >= 11 is 0. The van der Waals surface area contributed by atoms with Crippen molar-refractivity contribution in [3.05, 3.63) is 113 Å². The maximum atomic E-state index is 13.0. The summed E-state index contributed by atoms with van der Waals surface area (Å²) in [5, 5.41) is 7.16. The standard InChI is InChI=1S/C26H23N3O3/c1-18-10-12-20(13-11-18)25(30)23-8-3-4-9-24(23)26(31)28-21-15-27-29(17-21)16-19-6-5-7-22(14-19)32-2/h3-15,17H,16H2,1-2H3,(H,28,31). The van der Waals surface area contributed by atoms with Gasteiger partial charge in [-0.05, 0) is 30.7 Å². The van der Waals surface area contributed by atoms with Gasteiger partial charge in [0.15, 0.2) is 5.78 Å². The Bertz CT molecular complexity index is 1260. The number of anilines is 1. The van der Waals surface area contributed by atoms with Crippen LogP contribution >= 0.6 is 0 Å². The van der Waals surface area contributed by atoms with E-state index in [4.69, 9.17) is 4.74 Å². The summed E-state index contributed by atoms with van der Waals surface area (Å²) in [5.74, 6) is 0.226. The van der Waals surface area contributed by atoms with Gasteiger partial charge in [-0.2, -0.15) is 5.10 Å². The van der Waals surface area contributed by atoms with Crippen LogP contribution in [0.5, 0.6) is 5.75 Å². The fourth-order valence-electron chi connectivity index (χ4n) is 3.41. The minimum Gasteiger partial charge on any atom is -0.497 e. The van der Waals surface area contributed by atoms with Crippen LogP contribution in [0, 0.1) is 6.92 Å². The molecule has 6 heteroatoms. The molecule has 0 spiro atoms. The predicted octanol–water partition coefficient (Wildman–Crippen LogP) is 4.73. The van der Waals surface area contributed by atoms with Crippen LogP contribution in [0.25, 0.3) is 0 Å². The van der Waals surface area contributed by atoms with E-state index in [1.54, 1.807) is 60.6 Å². The van der Waals surface area contributed by atoms with Crippen LogP contribution < -0.4 is 10.1 Å². The molecular weight excluding hydrogens is 402 g/mol. The molecular formula is C26H23N3O3. The van der Waals surface area contributed by atoms with Gasteiger partial charge in [0.05, 0.1) is 31.1 Å². The summed E-state index contributed by atoms with van der Waals surface area (Å²) in [4.78, 5) is 25.9. The summed E-state index contributed by atoms with van der Waals surface area (Å²) in [6.45, 7) is 2.50. The van der Waals surface area contributed by atoms with E-state index >= 15 is 0 Å². The fourth-order valence-corrected chi connectivity index (χ4v) is 3.41. The number of nitrogens with zero attached hydrogens (tertiary/aromatic N) is 2. The molecule has 0 bridgehead atoms. The minimum absolute atomic E-state index is 0.190. The minimum atomic E-state index is -0.359. The van der Waals surface area contributed by atoms with Crippen LogP contribution in [0.15, 0.2) is 85.2 Å². The Kier molecular flexibility index (Phi) is 6.12. The lowest BCUT2D eigenvalue weighted by atomic mass is 9.97. The second kappa shape index (κ2) is 9.31. The Labute approximate surface area is 186 Å². The molecule has 0 aliphatic carbocycles. The van der Waals surface area contributed by atoms with Gasteiger partial charge in [0.1, 0.15) is 5.75 Å². The summed E-state index contributed by atoms with van der Waals surface area (Å²) in [6, 6.07) is 21.8. The van der Waals surface area contributed by atoms with Crippen molar-refractivity contribution < 1.29 is 14.3 Å². The number of carbonyl (C=O) groups excluding carboxylic acids is 2. The zero-order valence-corrected chi connectivity index (χ0v) is 17.9. The van der Waals surface area contributed by atoms with E-state index in [0.717, 1.165) is 16.9 Å². The maximum Gasteiger partial charge on any atom is 0.256 e. The monoisotopic (exact) mass is 425 g/mol. The lowest BCUT2D eigenvalue weighted by Gasteiger charge is -2.09. The maximum absolute atomic E-state index is 13.0. The van der Waals surface area contributed by atoms with Crippen molar-refractivity contribution in [2.24, 2.45) is 0 Å². The van der Waals surface area contributed by atoms with E-state index in [9.17, 15) is 9.59 Å². The van der Waals surface area contributed by atoms with E-state index in [-0.39, 0.29) is 11.7 Å². The Morgan fingerprint density at radius 1 is 0.969 bits per heavy atom. The molecule has 0 aliphatic heterocycles. The lowest BCUT2D eigenvalue weighted by Crippen LogP contribution is -2.16. The molecule has 32 heavy (non-hydrogen) atoms. The fraction of sp³-hybridized carbons (Fsp3) is 0.115. The Morgan fingerprint density at radius 2 is 1.72 bits per heavy atom. The highest BCUT2D eigenvalue weighted by atomic mass is 16.5. The lowest BCUT2D eigenvalue weighted by molar-refractivity contribution is 0.0996. The van der Waals surface area contributed by atoms with Crippen LogP contribution in [0.2, 0.25) is 0 Å². The van der Waals surface area contributed by atoms with E-state index in [1.165, 1.54) is 0 Å². The molecule has 0 saturated carbocycles. The number of carbonyl (C=O) groups is 2. The number of nitrogens with one attached hydrogen (secondary N) is 1.